The molecule has 2 unspecified atom stereocenters. The van der Waals surface area contributed by atoms with Crippen LogP contribution in [0.1, 0.15) is 0 Å². The molecule has 0 heterocycles. The molecule has 0 aromatic rings. The standard InChI is InChI=1S/C7H13NO5.C5H11NO3/c1-8(2-3-9,4-6(10)11)5-7(12)13;1-6(2-3-7)4-5(8)9/h9H,2-5H2,1H3,(H-,10,11,12,13);7H,2-4H2,1H3,(H,8,9). The predicted molar refractivity (Wildman–Crippen MR) is 69.2 cm³/mol. The summed E-state index contributed by atoms with van der Waals surface area (Å²) in [6.45, 7) is -0.494. The van der Waals surface area contributed by atoms with Crippen molar-refractivity contribution in [3.63, 3.8) is 0 Å². The zero-order valence-corrected chi connectivity index (χ0v) is 12.8. The molecule has 130 valence electrons. The third kappa shape index (κ3) is 14.7. The van der Waals surface area contributed by atoms with Gasteiger partial charge in [-0.05, 0) is 0 Å². The van der Waals surface area contributed by atoms with Crippen molar-refractivity contribution >= 4 is 17.9 Å². The van der Waals surface area contributed by atoms with E-state index >= 15 is 0 Å². The average Bonchev–Trinajstić information content (AvgIpc) is 2.25. The highest BCUT2D eigenvalue weighted by Crippen LogP contribution is 2.00. The Hall–Kier alpha value is -1.75. The first kappa shape index (κ1) is 22.5. The van der Waals surface area contributed by atoms with Crippen LogP contribution in [0.15, 0.2) is 0 Å². The number of quaternary nitrogens is 2. The van der Waals surface area contributed by atoms with E-state index in [-0.39, 0.29) is 37.3 Å². The number of carbonyl (C=O) groups is 3. The molecule has 2 atom stereocenters. The van der Waals surface area contributed by atoms with E-state index in [1.165, 1.54) is 7.05 Å². The van der Waals surface area contributed by atoms with Gasteiger partial charge >= 0.3 is 5.97 Å². The highest BCUT2D eigenvalue weighted by molar-refractivity contribution is 5.69. The number of nitrogens with zero attached hydrogens (tertiary/aromatic N) is 1. The quantitative estimate of drug-likeness (QED) is 0.288. The van der Waals surface area contributed by atoms with E-state index < -0.39 is 24.5 Å². The molecule has 0 bridgehead atoms. The van der Waals surface area contributed by atoms with Crippen LogP contribution in [0.2, 0.25) is 0 Å². The number of rotatable bonds is 10. The van der Waals surface area contributed by atoms with E-state index in [0.717, 1.165) is 4.90 Å². The molecule has 4 N–H and O–H groups in total. The summed E-state index contributed by atoms with van der Waals surface area (Å²) in [5.74, 6) is -3.50. The van der Waals surface area contributed by atoms with Crippen LogP contribution < -0.4 is 15.1 Å². The Bertz CT molecular complexity index is 345. The Morgan fingerprint density at radius 2 is 1.59 bits per heavy atom. The number of aliphatic carboxylic acids is 3. The molecule has 0 amide bonds. The number of aliphatic hydroxyl groups excluding tert-OH is 2. The lowest BCUT2D eigenvalue weighted by Gasteiger charge is -2.32. The summed E-state index contributed by atoms with van der Waals surface area (Å²) in [4.78, 5) is 31.2. The number of aliphatic hydroxyl groups is 2. The summed E-state index contributed by atoms with van der Waals surface area (Å²) in [5.41, 5.74) is 0. The van der Waals surface area contributed by atoms with Crippen LogP contribution in [0.5, 0.6) is 0 Å². The smallest absolute Gasteiger partial charge is 0.359 e. The third-order valence-electron chi connectivity index (χ3n) is 2.65. The topological polar surface area (TPSA) is 162 Å². The predicted octanol–water partition coefficient (Wildman–Crippen LogP) is -6.50. The fourth-order valence-electron chi connectivity index (χ4n) is 1.62. The van der Waals surface area contributed by atoms with E-state index in [1.807, 2.05) is 0 Å². The van der Waals surface area contributed by atoms with Gasteiger partial charge in [-0.1, -0.05) is 0 Å². The van der Waals surface area contributed by atoms with Gasteiger partial charge in [0.15, 0.2) is 6.54 Å². The molecule has 0 spiro atoms. The molecule has 0 fully saturated rings. The molecule has 0 aromatic heterocycles. The summed E-state index contributed by atoms with van der Waals surface area (Å²) in [7, 11) is 3.13. The minimum absolute atomic E-state index is 0.0130. The summed E-state index contributed by atoms with van der Waals surface area (Å²) in [5, 5.41) is 45.5. The number of hydrogen-bond donors (Lipinski definition) is 4. The van der Waals surface area contributed by atoms with E-state index in [0.29, 0.717) is 6.54 Å². The molecule has 0 aliphatic carbocycles. The first-order valence-electron chi connectivity index (χ1n) is 6.54. The molecule has 0 aromatic carbocycles. The number of carboxylic acids is 3. The molecule has 0 rings (SSSR count). The van der Waals surface area contributed by atoms with Crippen LogP contribution in [0.3, 0.4) is 0 Å². The molecule has 0 aliphatic rings. The third-order valence-corrected chi connectivity index (χ3v) is 2.65. The van der Waals surface area contributed by atoms with Crippen LogP contribution in [0.25, 0.3) is 0 Å². The van der Waals surface area contributed by atoms with Crippen molar-refractivity contribution in [3.05, 3.63) is 0 Å². The molecule has 22 heavy (non-hydrogen) atoms. The fourth-order valence-corrected chi connectivity index (χ4v) is 1.62. The van der Waals surface area contributed by atoms with Gasteiger partial charge in [0.2, 0.25) is 0 Å². The van der Waals surface area contributed by atoms with Crippen molar-refractivity contribution in [3.8, 4) is 0 Å². The van der Waals surface area contributed by atoms with Crippen molar-refractivity contribution in [2.45, 2.75) is 0 Å². The van der Waals surface area contributed by atoms with Gasteiger partial charge in [-0.25, -0.2) is 4.79 Å². The number of carboxylic acid groups (broad SMARTS) is 3. The molecule has 0 saturated carbocycles. The molecule has 0 saturated heterocycles. The molecule has 0 aliphatic heterocycles. The monoisotopic (exact) mass is 324 g/mol. The van der Waals surface area contributed by atoms with Gasteiger partial charge in [0.1, 0.15) is 26.2 Å². The zero-order chi connectivity index (χ0) is 17.8. The maximum absolute atomic E-state index is 10.4. The Balaban J connectivity index is 0. The van der Waals surface area contributed by atoms with Crippen LogP contribution >= 0.6 is 0 Å². The Labute approximate surface area is 128 Å². The number of nitrogens with one attached hydrogen (secondary N) is 1. The molecule has 10 heteroatoms. The average molecular weight is 324 g/mol. The van der Waals surface area contributed by atoms with E-state index in [4.69, 9.17) is 15.3 Å². The lowest BCUT2D eigenvalue weighted by molar-refractivity contribution is -0.897. The van der Waals surface area contributed by atoms with Crippen molar-refractivity contribution < 1.29 is 49.3 Å². The summed E-state index contributed by atoms with van der Waals surface area (Å²) in [6.07, 6.45) is 0. The molecule has 10 nitrogen and oxygen atoms in total. The normalized spacial score (nSPS) is 14.2. The summed E-state index contributed by atoms with van der Waals surface area (Å²) < 4.78 is -0.256. The molecule has 0 radical (unpaired) electrons. The zero-order valence-electron chi connectivity index (χ0n) is 12.8. The first-order chi connectivity index (χ1) is 10.1. The Kier molecular flexibility index (Phi) is 12.1. The highest BCUT2D eigenvalue weighted by atomic mass is 16.4. The van der Waals surface area contributed by atoms with Gasteiger partial charge in [-0.3, -0.25) is 0 Å². The molecular formula is C12H24N2O8. The highest BCUT2D eigenvalue weighted by Gasteiger charge is 2.24. The van der Waals surface area contributed by atoms with Gasteiger partial charge in [0.05, 0.1) is 39.2 Å². The minimum Gasteiger partial charge on any atom is -0.544 e. The Morgan fingerprint density at radius 3 is 1.91 bits per heavy atom. The van der Waals surface area contributed by atoms with Gasteiger partial charge < -0.3 is 44.5 Å². The summed E-state index contributed by atoms with van der Waals surface area (Å²) in [6, 6.07) is 0. The van der Waals surface area contributed by atoms with Gasteiger partial charge in [0, 0.05) is 0 Å². The number of hydrogen-bond acceptors (Lipinski definition) is 7. The second-order valence-electron chi connectivity index (χ2n) is 5.13. The molecular weight excluding hydrogens is 300 g/mol. The second kappa shape index (κ2) is 11.9. The number of likely N-dealkylation sites (N-methyl/N-ethyl adjacent to an activating group) is 2. The van der Waals surface area contributed by atoms with Crippen LogP contribution in [0, 0.1) is 0 Å². The maximum Gasteiger partial charge on any atom is 0.359 e. The Morgan fingerprint density at radius 1 is 1.05 bits per heavy atom. The van der Waals surface area contributed by atoms with Crippen LogP contribution in [0.4, 0.5) is 0 Å². The van der Waals surface area contributed by atoms with Crippen molar-refractivity contribution in [2.75, 3.05) is 60.0 Å². The van der Waals surface area contributed by atoms with Crippen LogP contribution in [-0.4, -0.2) is 97.7 Å². The summed E-state index contributed by atoms with van der Waals surface area (Å²) >= 11 is 0. The van der Waals surface area contributed by atoms with Crippen molar-refractivity contribution in [1.82, 2.24) is 0 Å². The van der Waals surface area contributed by atoms with E-state index in [1.54, 1.807) is 7.05 Å². The van der Waals surface area contributed by atoms with Crippen LogP contribution in [-0.2, 0) is 14.4 Å². The van der Waals surface area contributed by atoms with E-state index in [9.17, 15) is 24.6 Å². The van der Waals surface area contributed by atoms with Gasteiger partial charge in [0.25, 0.3) is 0 Å². The maximum atomic E-state index is 10.4. The lowest BCUT2D eigenvalue weighted by Crippen LogP contribution is -3.10. The van der Waals surface area contributed by atoms with Crippen molar-refractivity contribution in [1.29, 1.82) is 0 Å². The number of carbonyl (C=O) groups excluding carboxylic acids is 2. The SMILES string of the molecule is C[N+](CCO)(CC(=O)[O-])CC(=O)O.C[NH+](CCO)CC(=O)[O-]. The fraction of sp³-hybridized carbons (Fsp3) is 0.750. The minimum atomic E-state index is -1.32. The first-order valence-corrected chi connectivity index (χ1v) is 6.54. The van der Waals surface area contributed by atoms with Gasteiger partial charge in [-0.15, -0.1) is 0 Å². The van der Waals surface area contributed by atoms with E-state index in [2.05, 4.69) is 0 Å². The van der Waals surface area contributed by atoms with Gasteiger partial charge in [-0.2, -0.15) is 0 Å². The largest absolute Gasteiger partial charge is 0.544 e. The van der Waals surface area contributed by atoms with Crippen molar-refractivity contribution in [2.24, 2.45) is 0 Å². The lowest BCUT2D eigenvalue weighted by atomic mass is 10.3. The second-order valence-corrected chi connectivity index (χ2v) is 5.13.